The number of benzene rings is 2. The van der Waals surface area contributed by atoms with Gasteiger partial charge in [-0.3, -0.25) is 0 Å². The van der Waals surface area contributed by atoms with Crippen LogP contribution >= 0.6 is 12.4 Å². The van der Waals surface area contributed by atoms with Gasteiger partial charge in [0.25, 0.3) is 0 Å². The van der Waals surface area contributed by atoms with Gasteiger partial charge in [-0.1, -0.05) is 36.4 Å². The van der Waals surface area contributed by atoms with E-state index in [-0.39, 0.29) is 17.8 Å². The van der Waals surface area contributed by atoms with Crippen LogP contribution in [0.5, 0.6) is 0 Å². The quantitative estimate of drug-likeness (QED) is 0.314. The van der Waals surface area contributed by atoms with Crippen molar-refractivity contribution < 1.29 is 14.3 Å². The van der Waals surface area contributed by atoms with Crippen LogP contribution in [0.25, 0.3) is 33.0 Å². The fourth-order valence-electron chi connectivity index (χ4n) is 6.66. The number of cyclic esters (lactones) is 2. The van der Waals surface area contributed by atoms with E-state index in [4.69, 9.17) is 4.74 Å². The van der Waals surface area contributed by atoms with Gasteiger partial charge in [-0.05, 0) is 49.8 Å². The smallest absolute Gasteiger partial charge is 0.347 e. The maximum Gasteiger partial charge on any atom is 0.347 e. The number of carbonyl (C=O) groups excluding carboxylic acids is 2. The fourth-order valence-corrected chi connectivity index (χ4v) is 6.66. The van der Waals surface area contributed by atoms with Crippen LogP contribution in [0.4, 0.5) is 0 Å². The topological polar surface area (TPSA) is 65.3 Å². The average Bonchev–Trinajstić information content (AvgIpc) is 3.47. The van der Waals surface area contributed by atoms with Crippen molar-refractivity contribution in [2.45, 2.75) is 32.2 Å². The molecule has 1 atom stereocenters. The molecule has 2 aromatic carbocycles. The molecular formula is C29H28ClN3O3. The third-order valence-electron chi connectivity index (χ3n) is 8.31. The van der Waals surface area contributed by atoms with Gasteiger partial charge in [0.15, 0.2) is 0 Å². The van der Waals surface area contributed by atoms with Crippen LogP contribution in [-0.4, -0.2) is 34.2 Å². The van der Waals surface area contributed by atoms with E-state index >= 15 is 0 Å². The van der Waals surface area contributed by atoms with Crippen molar-refractivity contribution in [3.05, 3.63) is 71.5 Å². The summed E-state index contributed by atoms with van der Waals surface area (Å²) in [5.41, 5.74) is 5.90. The maximum atomic E-state index is 13.4. The minimum absolute atomic E-state index is 0. The molecule has 1 spiro atoms. The highest BCUT2D eigenvalue weighted by Gasteiger charge is 2.43. The van der Waals surface area contributed by atoms with E-state index in [0.717, 1.165) is 71.1 Å². The van der Waals surface area contributed by atoms with E-state index in [0.29, 0.717) is 11.1 Å². The summed E-state index contributed by atoms with van der Waals surface area (Å²) in [6.07, 6.45) is 6.29. The number of hydrogen-bond acceptors (Lipinski definition) is 4. The molecule has 184 valence electrons. The lowest BCUT2D eigenvalue weighted by Crippen LogP contribution is -2.44. The Morgan fingerprint density at radius 2 is 1.64 bits per heavy atom. The molecule has 1 saturated heterocycles. The van der Waals surface area contributed by atoms with E-state index in [9.17, 15) is 9.59 Å². The van der Waals surface area contributed by atoms with E-state index in [1.807, 2.05) is 54.2 Å². The van der Waals surface area contributed by atoms with Gasteiger partial charge in [-0.2, -0.15) is 0 Å². The van der Waals surface area contributed by atoms with Gasteiger partial charge in [0.1, 0.15) is 0 Å². The summed E-state index contributed by atoms with van der Waals surface area (Å²) < 4.78 is 9.69. The van der Waals surface area contributed by atoms with Gasteiger partial charge in [0.05, 0.1) is 11.1 Å². The number of ether oxygens (including phenoxy) is 1. The molecule has 2 aromatic heterocycles. The summed E-state index contributed by atoms with van der Waals surface area (Å²) in [5.74, 6) is -1.10. The molecule has 7 rings (SSSR count). The van der Waals surface area contributed by atoms with Crippen LogP contribution in [0.2, 0.25) is 0 Å². The molecule has 5 heterocycles. The Kier molecular flexibility index (Phi) is 5.36. The zero-order valence-corrected chi connectivity index (χ0v) is 21.0. The average molecular weight is 502 g/mol. The molecule has 36 heavy (non-hydrogen) atoms. The maximum absolute atomic E-state index is 13.4. The number of aromatic nitrogens is 2. The second-order valence-corrected chi connectivity index (χ2v) is 10.3. The SMILES string of the molecule is Cl.Cn1cc(C2=C(c3c4n(c5ccccc35)CCC3(CCCNC3)C4)C(=O)OC2=O)c2ccccc21. The molecule has 6 nitrogen and oxygen atoms in total. The van der Waals surface area contributed by atoms with Crippen molar-refractivity contribution in [1.29, 1.82) is 0 Å². The summed E-state index contributed by atoms with van der Waals surface area (Å²) in [7, 11) is 1.96. The highest BCUT2D eigenvalue weighted by Crippen LogP contribution is 2.47. The Labute approximate surface area is 215 Å². The summed E-state index contributed by atoms with van der Waals surface area (Å²) in [6.45, 7) is 2.97. The van der Waals surface area contributed by atoms with Crippen molar-refractivity contribution in [1.82, 2.24) is 14.5 Å². The van der Waals surface area contributed by atoms with Crippen LogP contribution < -0.4 is 5.32 Å². The molecule has 1 fully saturated rings. The van der Waals surface area contributed by atoms with Gasteiger partial charge >= 0.3 is 11.9 Å². The number of hydrogen-bond donors (Lipinski definition) is 1. The van der Waals surface area contributed by atoms with E-state index in [1.165, 1.54) is 12.8 Å². The first-order valence-electron chi connectivity index (χ1n) is 12.4. The Morgan fingerprint density at radius 1 is 0.917 bits per heavy atom. The van der Waals surface area contributed by atoms with Crippen molar-refractivity contribution in [3.63, 3.8) is 0 Å². The molecule has 7 heteroatoms. The Hall–Kier alpha value is -3.35. The molecule has 0 saturated carbocycles. The lowest BCUT2D eigenvalue weighted by molar-refractivity contribution is -0.149. The molecule has 0 amide bonds. The van der Waals surface area contributed by atoms with Crippen molar-refractivity contribution in [2.75, 3.05) is 13.1 Å². The minimum Gasteiger partial charge on any atom is -0.386 e. The molecule has 0 bridgehead atoms. The zero-order chi connectivity index (χ0) is 23.7. The number of carbonyl (C=O) groups is 2. The number of nitrogens with one attached hydrogen (secondary N) is 1. The molecule has 1 unspecified atom stereocenters. The molecule has 4 aromatic rings. The Bertz CT molecular complexity index is 1590. The molecule has 0 radical (unpaired) electrons. The number of para-hydroxylation sites is 2. The van der Waals surface area contributed by atoms with Crippen LogP contribution in [0.3, 0.4) is 0 Å². The normalized spacial score (nSPS) is 21.8. The van der Waals surface area contributed by atoms with Crippen LogP contribution in [0, 0.1) is 5.41 Å². The second kappa shape index (κ2) is 8.36. The predicted octanol–water partition coefficient (Wildman–Crippen LogP) is 4.87. The lowest BCUT2D eigenvalue weighted by atomic mass is 9.72. The number of esters is 2. The molecular weight excluding hydrogens is 474 g/mol. The molecule has 3 aliphatic heterocycles. The summed E-state index contributed by atoms with van der Waals surface area (Å²) in [6, 6.07) is 16.2. The third kappa shape index (κ3) is 3.21. The standard InChI is InChI=1S/C29H27N3O3.ClH/c1-31-16-20(18-7-2-4-9-21(18)31)25-26(28(34)35-27(25)33)24-19-8-3-5-10-22(19)32-14-12-29(15-23(24)32)11-6-13-30-17-29;/h2-5,7-10,16,30H,6,11-15,17H2,1H3;1H. The van der Waals surface area contributed by atoms with Gasteiger partial charge in [-0.25, -0.2) is 9.59 Å². The van der Waals surface area contributed by atoms with E-state index in [2.05, 4.69) is 22.0 Å². The Morgan fingerprint density at radius 3 is 2.42 bits per heavy atom. The van der Waals surface area contributed by atoms with Crippen molar-refractivity contribution >= 4 is 57.3 Å². The van der Waals surface area contributed by atoms with Crippen molar-refractivity contribution in [2.24, 2.45) is 12.5 Å². The number of aryl methyl sites for hydroxylation is 2. The van der Waals surface area contributed by atoms with Crippen LogP contribution in [-0.2, 0) is 34.3 Å². The van der Waals surface area contributed by atoms with E-state index < -0.39 is 11.9 Å². The molecule has 0 aliphatic carbocycles. The van der Waals surface area contributed by atoms with Gasteiger partial charge in [0.2, 0.25) is 0 Å². The van der Waals surface area contributed by atoms with Crippen LogP contribution in [0.1, 0.15) is 36.1 Å². The molecule has 1 N–H and O–H groups in total. The lowest BCUT2D eigenvalue weighted by Gasteiger charge is -2.42. The third-order valence-corrected chi connectivity index (χ3v) is 8.31. The molecule has 3 aliphatic rings. The highest BCUT2D eigenvalue weighted by atomic mass is 35.5. The second-order valence-electron chi connectivity index (χ2n) is 10.3. The number of fused-ring (bicyclic) bond motifs is 4. The first-order valence-corrected chi connectivity index (χ1v) is 12.4. The van der Waals surface area contributed by atoms with Gasteiger partial charge < -0.3 is 19.2 Å². The van der Waals surface area contributed by atoms with Crippen LogP contribution in [0.15, 0.2) is 54.7 Å². The number of halogens is 1. The van der Waals surface area contributed by atoms with Gasteiger partial charge in [-0.15, -0.1) is 12.4 Å². The monoisotopic (exact) mass is 501 g/mol. The Balaban J connectivity index is 0.00000240. The number of rotatable bonds is 2. The zero-order valence-electron chi connectivity index (χ0n) is 20.2. The number of piperidine rings is 1. The minimum atomic E-state index is -0.560. The summed E-state index contributed by atoms with van der Waals surface area (Å²) in [4.78, 5) is 26.6. The fraction of sp³-hybridized carbons (Fsp3) is 0.310. The highest BCUT2D eigenvalue weighted by molar-refractivity contribution is 6.47. The number of nitrogens with zero attached hydrogens (tertiary/aromatic N) is 2. The first kappa shape index (κ1) is 23.1. The predicted molar refractivity (Wildman–Crippen MR) is 143 cm³/mol. The first-order chi connectivity index (χ1) is 17.1. The summed E-state index contributed by atoms with van der Waals surface area (Å²) >= 11 is 0. The van der Waals surface area contributed by atoms with Crippen molar-refractivity contribution in [3.8, 4) is 0 Å². The van der Waals surface area contributed by atoms with E-state index in [1.54, 1.807) is 0 Å². The largest absolute Gasteiger partial charge is 0.386 e. The van der Waals surface area contributed by atoms with Gasteiger partial charge in [0, 0.05) is 65.0 Å². The summed E-state index contributed by atoms with van der Waals surface area (Å²) in [5, 5.41) is 5.56.